The van der Waals surface area contributed by atoms with Gasteiger partial charge in [0.1, 0.15) is 0 Å². The molecule has 1 atom stereocenters. The predicted octanol–water partition coefficient (Wildman–Crippen LogP) is 13.9. The van der Waals surface area contributed by atoms with Crippen molar-refractivity contribution >= 4 is 0 Å². The van der Waals surface area contributed by atoms with E-state index in [0.29, 0.717) is 5.41 Å². The van der Waals surface area contributed by atoms with Crippen LogP contribution in [0.25, 0.3) is 0 Å². The molecule has 1 unspecified atom stereocenters. The third kappa shape index (κ3) is 29.5. The van der Waals surface area contributed by atoms with Crippen molar-refractivity contribution in [2.75, 3.05) is 20.1 Å². The molecule has 0 aliphatic rings. The van der Waals surface area contributed by atoms with Gasteiger partial charge in [0.15, 0.2) is 0 Å². The molecule has 0 saturated carbocycles. The predicted molar refractivity (Wildman–Crippen MR) is 186 cm³/mol. The molecule has 0 aliphatic heterocycles. The summed E-state index contributed by atoms with van der Waals surface area (Å²) in [6.45, 7) is 14.7. The fourth-order valence-electron chi connectivity index (χ4n) is 6.60. The molecule has 0 aromatic rings. The summed E-state index contributed by atoms with van der Waals surface area (Å²) in [5, 5.41) is 0. The molecule has 1 heteroatoms. The maximum absolute atomic E-state index is 2.60. The Labute approximate surface area is 256 Å². The standard InChI is InChI=1S/C39H81N/c1-7-10-12-14-16-22-28-34-39(4,5)35-29-23-17-18-24-30-36-40(6)37-31-25-19-21-27-33-38(9-3)32-26-20-15-13-11-8-2/h38H,7-37H2,1-6H3. The van der Waals surface area contributed by atoms with Gasteiger partial charge in [-0.05, 0) is 57.2 Å². The van der Waals surface area contributed by atoms with E-state index in [1.54, 1.807) is 0 Å². The second-order valence-corrected chi connectivity index (χ2v) is 14.6. The molecule has 0 fully saturated rings. The Bertz CT molecular complexity index is 469. The van der Waals surface area contributed by atoms with Crippen LogP contribution in [-0.4, -0.2) is 25.0 Å². The van der Waals surface area contributed by atoms with Gasteiger partial charge >= 0.3 is 0 Å². The maximum Gasteiger partial charge on any atom is -0.00218 e. The molecule has 0 rings (SSSR count). The van der Waals surface area contributed by atoms with E-state index in [1.807, 2.05) is 0 Å². The molecule has 0 radical (unpaired) electrons. The van der Waals surface area contributed by atoms with Crippen molar-refractivity contribution in [3.05, 3.63) is 0 Å². The molecule has 0 bridgehead atoms. The normalized spacial score (nSPS) is 13.0. The first kappa shape index (κ1) is 40.0. The average Bonchev–Trinajstić information content (AvgIpc) is 2.94. The van der Waals surface area contributed by atoms with Crippen LogP contribution < -0.4 is 0 Å². The van der Waals surface area contributed by atoms with E-state index in [-0.39, 0.29) is 0 Å². The number of hydrogen-bond donors (Lipinski definition) is 0. The highest BCUT2D eigenvalue weighted by Crippen LogP contribution is 2.30. The molecule has 0 N–H and O–H groups in total. The van der Waals surface area contributed by atoms with Crippen LogP contribution >= 0.6 is 0 Å². The van der Waals surface area contributed by atoms with E-state index in [4.69, 9.17) is 0 Å². The molecule has 1 nitrogen and oxygen atoms in total. The first-order valence-electron chi connectivity index (χ1n) is 19.1. The Morgan fingerprint density at radius 1 is 0.425 bits per heavy atom. The molecule has 0 aliphatic carbocycles. The fourth-order valence-corrected chi connectivity index (χ4v) is 6.60. The highest BCUT2D eigenvalue weighted by Gasteiger charge is 2.16. The van der Waals surface area contributed by atoms with Crippen LogP contribution in [-0.2, 0) is 0 Å². The van der Waals surface area contributed by atoms with Gasteiger partial charge in [-0.3, -0.25) is 0 Å². The number of rotatable bonds is 33. The van der Waals surface area contributed by atoms with Crippen molar-refractivity contribution in [2.24, 2.45) is 11.3 Å². The van der Waals surface area contributed by atoms with Crippen molar-refractivity contribution in [1.29, 1.82) is 0 Å². The van der Waals surface area contributed by atoms with Gasteiger partial charge in [0.05, 0.1) is 0 Å². The lowest BCUT2D eigenvalue weighted by atomic mass is 9.82. The van der Waals surface area contributed by atoms with Crippen molar-refractivity contribution in [2.45, 2.75) is 221 Å². The summed E-state index contributed by atoms with van der Waals surface area (Å²) >= 11 is 0. The molecule has 40 heavy (non-hydrogen) atoms. The van der Waals surface area contributed by atoms with E-state index in [1.165, 1.54) is 199 Å². The second-order valence-electron chi connectivity index (χ2n) is 14.6. The summed E-state index contributed by atoms with van der Waals surface area (Å²) in [6, 6.07) is 0. The van der Waals surface area contributed by atoms with E-state index in [2.05, 4.69) is 46.6 Å². The average molecular weight is 564 g/mol. The van der Waals surface area contributed by atoms with E-state index in [0.717, 1.165) is 5.92 Å². The summed E-state index contributed by atoms with van der Waals surface area (Å²) in [4.78, 5) is 2.60. The van der Waals surface area contributed by atoms with Crippen LogP contribution in [0.4, 0.5) is 0 Å². The van der Waals surface area contributed by atoms with E-state index < -0.39 is 0 Å². The van der Waals surface area contributed by atoms with Gasteiger partial charge in [-0.2, -0.15) is 0 Å². The Hall–Kier alpha value is -0.0400. The molecule has 0 aromatic heterocycles. The number of hydrogen-bond acceptors (Lipinski definition) is 1. The van der Waals surface area contributed by atoms with Crippen molar-refractivity contribution in [1.82, 2.24) is 4.90 Å². The molecule has 0 amide bonds. The Kier molecular flexibility index (Phi) is 30.4. The second kappa shape index (κ2) is 30.4. The Morgan fingerprint density at radius 3 is 1.12 bits per heavy atom. The van der Waals surface area contributed by atoms with Crippen molar-refractivity contribution in [3.8, 4) is 0 Å². The highest BCUT2D eigenvalue weighted by atomic mass is 15.1. The summed E-state index contributed by atoms with van der Waals surface area (Å²) in [7, 11) is 2.35. The maximum atomic E-state index is 2.60. The van der Waals surface area contributed by atoms with Crippen LogP contribution in [0.2, 0.25) is 0 Å². The SMILES string of the molecule is CCCCCCCCCC(C)(C)CCCCCCCCN(C)CCCCCCCC(CC)CCCCCCCC. The monoisotopic (exact) mass is 564 g/mol. The zero-order chi connectivity index (χ0) is 29.6. The Morgan fingerprint density at radius 2 is 0.750 bits per heavy atom. The van der Waals surface area contributed by atoms with Crippen LogP contribution in [0.3, 0.4) is 0 Å². The Balaban J connectivity index is 3.47. The first-order valence-corrected chi connectivity index (χ1v) is 19.1. The molecular weight excluding hydrogens is 482 g/mol. The molecule has 242 valence electrons. The summed E-state index contributed by atoms with van der Waals surface area (Å²) < 4.78 is 0. The third-order valence-corrected chi connectivity index (χ3v) is 9.80. The lowest BCUT2D eigenvalue weighted by Gasteiger charge is -2.24. The largest absolute Gasteiger partial charge is 0.306 e. The third-order valence-electron chi connectivity index (χ3n) is 9.80. The van der Waals surface area contributed by atoms with Crippen LogP contribution in [0.15, 0.2) is 0 Å². The summed E-state index contributed by atoms with van der Waals surface area (Å²) in [5.41, 5.74) is 0.567. The molecule has 0 heterocycles. The van der Waals surface area contributed by atoms with E-state index >= 15 is 0 Å². The summed E-state index contributed by atoms with van der Waals surface area (Å²) in [5.74, 6) is 1.00. The van der Waals surface area contributed by atoms with Crippen LogP contribution in [0.1, 0.15) is 221 Å². The summed E-state index contributed by atoms with van der Waals surface area (Å²) in [6.07, 6.45) is 41.9. The zero-order valence-corrected chi connectivity index (χ0v) is 29.4. The lowest BCUT2D eigenvalue weighted by Crippen LogP contribution is -2.20. The molecular formula is C39H81N. The minimum absolute atomic E-state index is 0.567. The zero-order valence-electron chi connectivity index (χ0n) is 29.4. The lowest BCUT2D eigenvalue weighted by molar-refractivity contribution is 0.281. The highest BCUT2D eigenvalue weighted by molar-refractivity contribution is 4.69. The van der Waals surface area contributed by atoms with Gasteiger partial charge in [0, 0.05) is 0 Å². The van der Waals surface area contributed by atoms with Gasteiger partial charge < -0.3 is 4.90 Å². The minimum atomic E-state index is 0.567. The topological polar surface area (TPSA) is 3.24 Å². The van der Waals surface area contributed by atoms with Crippen LogP contribution in [0.5, 0.6) is 0 Å². The van der Waals surface area contributed by atoms with Crippen molar-refractivity contribution < 1.29 is 0 Å². The molecule has 0 spiro atoms. The van der Waals surface area contributed by atoms with Crippen molar-refractivity contribution in [3.63, 3.8) is 0 Å². The molecule has 0 saturated heterocycles. The number of nitrogens with zero attached hydrogens (tertiary/aromatic N) is 1. The fraction of sp³-hybridized carbons (Fsp3) is 1.00. The number of unbranched alkanes of at least 4 members (excludes halogenated alkanes) is 20. The van der Waals surface area contributed by atoms with Gasteiger partial charge in [-0.25, -0.2) is 0 Å². The van der Waals surface area contributed by atoms with Gasteiger partial charge in [0.25, 0.3) is 0 Å². The van der Waals surface area contributed by atoms with E-state index in [9.17, 15) is 0 Å². The quantitative estimate of drug-likeness (QED) is 0.0718. The first-order chi connectivity index (χ1) is 19.4. The molecule has 0 aromatic carbocycles. The smallest absolute Gasteiger partial charge is 0.00218 e. The van der Waals surface area contributed by atoms with Gasteiger partial charge in [-0.1, -0.05) is 195 Å². The minimum Gasteiger partial charge on any atom is -0.306 e. The van der Waals surface area contributed by atoms with Gasteiger partial charge in [0.2, 0.25) is 0 Å². The van der Waals surface area contributed by atoms with Crippen LogP contribution in [0, 0.1) is 11.3 Å². The van der Waals surface area contributed by atoms with Gasteiger partial charge in [-0.15, -0.1) is 0 Å².